The van der Waals surface area contributed by atoms with E-state index in [0.717, 1.165) is 16.8 Å². The van der Waals surface area contributed by atoms with Gasteiger partial charge in [0.15, 0.2) is 0 Å². The second kappa shape index (κ2) is 9.08. The summed E-state index contributed by atoms with van der Waals surface area (Å²) in [7, 11) is -1.60. The number of hydrogen-bond donors (Lipinski definition) is 0. The maximum Gasteiger partial charge on any atom is 0.218 e. The Morgan fingerprint density at radius 2 is 1.94 bits per heavy atom. The Morgan fingerprint density at radius 3 is 2.68 bits per heavy atom. The van der Waals surface area contributed by atoms with Crippen LogP contribution in [-0.4, -0.2) is 29.0 Å². The van der Waals surface area contributed by atoms with Crippen LogP contribution in [0.25, 0.3) is 0 Å². The molecule has 0 spiro atoms. The van der Waals surface area contributed by atoms with Gasteiger partial charge in [-0.05, 0) is 23.3 Å². The number of nitrogens with zero attached hydrogens (tertiary/aromatic N) is 3. The molecule has 0 N–H and O–H groups in total. The van der Waals surface area contributed by atoms with Crippen LogP contribution in [0.4, 0.5) is 4.39 Å². The van der Waals surface area contributed by atoms with E-state index in [1.54, 1.807) is 10.7 Å². The van der Waals surface area contributed by atoms with Crippen molar-refractivity contribution in [3.05, 3.63) is 87.4 Å². The average molecular weight is 464 g/mol. The zero-order valence-corrected chi connectivity index (χ0v) is 18.7. The molecule has 9 heteroatoms. The topological polar surface area (TPSA) is 64.4 Å². The van der Waals surface area contributed by atoms with E-state index in [1.165, 1.54) is 16.4 Å². The fourth-order valence-corrected chi connectivity index (χ4v) is 5.48. The summed E-state index contributed by atoms with van der Waals surface area (Å²) in [6.07, 6.45) is 0.594. The molecule has 31 heavy (non-hydrogen) atoms. The van der Waals surface area contributed by atoms with Crippen LogP contribution in [0, 0.1) is 5.82 Å². The van der Waals surface area contributed by atoms with E-state index in [1.807, 2.05) is 37.4 Å². The molecule has 1 aliphatic heterocycles. The van der Waals surface area contributed by atoms with Crippen molar-refractivity contribution in [2.24, 2.45) is 7.05 Å². The first-order valence-electron chi connectivity index (χ1n) is 9.90. The minimum Gasteiger partial charge on any atom is -0.370 e. The van der Waals surface area contributed by atoms with E-state index in [4.69, 9.17) is 16.3 Å². The van der Waals surface area contributed by atoms with Crippen LogP contribution in [0.15, 0.2) is 48.5 Å². The van der Waals surface area contributed by atoms with E-state index < -0.39 is 15.8 Å². The molecule has 0 aliphatic carbocycles. The van der Waals surface area contributed by atoms with E-state index in [-0.39, 0.29) is 25.5 Å². The van der Waals surface area contributed by atoms with Crippen molar-refractivity contribution >= 4 is 21.6 Å². The molecule has 164 valence electrons. The number of halogens is 2. The number of ether oxygens (including phenoxy) is 1. The van der Waals surface area contributed by atoms with Crippen molar-refractivity contribution in [1.29, 1.82) is 0 Å². The van der Waals surface area contributed by atoms with Gasteiger partial charge in [-0.15, -0.1) is 0 Å². The molecule has 0 bridgehead atoms. The predicted molar refractivity (Wildman–Crippen MR) is 116 cm³/mol. The lowest BCUT2D eigenvalue weighted by molar-refractivity contribution is 0.103. The third-order valence-corrected chi connectivity index (χ3v) is 7.54. The van der Waals surface area contributed by atoms with E-state index in [0.29, 0.717) is 29.2 Å². The zero-order valence-electron chi connectivity index (χ0n) is 17.1. The number of hydrogen-bond acceptors (Lipinski definition) is 4. The van der Waals surface area contributed by atoms with E-state index >= 15 is 0 Å². The summed E-state index contributed by atoms with van der Waals surface area (Å²) >= 11 is 6.05. The van der Waals surface area contributed by atoms with E-state index in [2.05, 4.69) is 5.10 Å². The Balaban J connectivity index is 1.46. The third-order valence-electron chi connectivity index (χ3n) is 5.39. The van der Waals surface area contributed by atoms with E-state index in [9.17, 15) is 12.8 Å². The highest BCUT2D eigenvalue weighted by atomic mass is 35.5. The lowest BCUT2D eigenvalue weighted by atomic mass is 10.1. The van der Waals surface area contributed by atoms with Gasteiger partial charge < -0.3 is 4.74 Å². The Kier molecular flexibility index (Phi) is 6.43. The molecule has 0 unspecified atom stereocenters. The van der Waals surface area contributed by atoms with Crippen LogP contribution in [-0.2, 0) is 53.7 Å². The van der Waals surface area contributed by atoms with Crippen LogP contribution in [0.2, 0.25) is 5.02 Å². The summed E-state index contributed by atoms with van der Waals surface area (Å²) in [4.78, 5) is 0. The summed E-state index contributed by atoms with van der Waals surface area (Å²) in [5.41, 5.74) is 4.05. The fourth-order valence-electron chi connectivity index (χ4n) is 3.77. The Morgan fingerprint density at radius 1 is 1.16 bits per heavy atom. The fraction of sp³-hybridized carbons (Fsp3) is 0.318. The molecular formula is C22H23ClFN3O3S. The lowest BCUT2D eigenvalue weighted by Gasteiger charge is -2.27. The van der Waals surface area contributed by atoms with Crippen LogP contribution in [0.3, 0.4) is 0 Å². The first-order chi connectivity index (χ1) is 14.8. The van der Waals surface area contributed by atoms with Gasteiger partial charge in [-0.1, -0.05) is 48.0 Å². The SMILES string of the molecule is Cn1nc(COCc2ccc(F)cc2Cl)c2c1CCN(S(=O)(=O)Cc1ccccc1)C2. The van der Waals surface area contributed by atoms with Crippen molar-refractivity contribution in [2.75, 3.05) is 6.54 Å². The average Bonchev–Trinajstić information content (AvgIpc) is 3.05. The zero-order chi connectivity index (χ0) is 22.0. The molecule has 0 saturated heterocycles. The third kappa shape index (κ3) is 4.98. The summed E-state index contributed by atoms with van der Waals surface area (Å²) in [6, 6.07) is 13.3. The summed E-state index contributed by atoms with van der Waals surface area (Å²) in [5.74, 6) is -0.428. The molecule has 0 fully saturated rings. The van der Waals surface area contributed by atoms with Crippen molar-refractivity contribution in [1.82, 2.24) is 14.1 Å². The van der Waals surface area contributed by atoms with Crippen molar-refractivity contribution in [2.45, 2.75) is 31.9 Å². The summed E-state index contributed by atoms with van der Waals surface area (Å²) in [6.45, 7) is 1.12. The van der Waals surface area contributed by atoms with Crippen LogP contribution in [0.1, 0.15) is 28.1 Å². The molecule has 1 aromatic heterocycles. The standard InChI is InChI=1S/C22H23ClFN3O3S/c1-26-22-9-10-27(31(28,29)15-16-5-3-2-4-6-16)12-19(22)21(25-26)14-30-13-17-7-8-18(24)11-20(17)23/h2-8,11H,9-10,12-15H2,1H3. The van der Waals surface area contributed by atoms with Gasteiger partial charge >= 0.3 is 0 Å². The van der Waals surface area contributed by atoms with Gasteiger partial charge in [0.2, 0.25) is 10.0 Å². The van der Waals surface area contributed by atoms with Gasteiger partial charge in [0.25, 0.3) is 0 Å². The summed E-state index contributed by atoms with van der Waals surface area (Å²) in [5, 5.41) is 4.84. The number of rotatable bonds is 7. The van der Waals surface area contributed by atoms with Crippen LogP contribution in [0.5, 0.6) is 0 Å². The van der Waals surface area contributed by atoms with Crippen molar-refractivity contribution in [3.63, 3.8) is 0 Å². The Hall–Kier alpha value is -2.26. The number of fused-ring (bicyclic) bond motifs is 1. The normalized spacial score (nSPS) is 14.5. The lowest BCUT2D eigenvalue weighted by Crippen LogP contribution is -2.37. The predicted octanol–water partition coefficient (Wildman–Crippen LogP) is 3.82. The quantitative estimate of drug-likeness (QED) is 0.534. The number of aromatic nitrogens is 2. The molecule has 3 aromatic rings. The minimum absolute atomic E-state index is 0.0294. The van der Waals surface area contributed by atoms with Gasteiger partial charge in [-0.2, -0.15) is 9.40 Å². The number of benzene rings is 2. The van der Waals surface area contributed by atoms with Crippen LogP contribution < -0.4 is 0 Å². The molecule has 0 saturated carbocycles. The highest BCUT2D eigenvalue weighted by molar-refractivity contribution is 7.88. The van der Waals surface area contributed by atoms with Gasteiger partial charge in [-0.3, -0.25) is 4.68 Å². The molecule has 4 rings (SSSR count). The van der Waals surface area contributed by atoms with Gasteiger partial charge in [-0.25, -0.2) is 12.8 Å². The van der Waals surface area contributed by atoms with Gasteiger partial charge in [0.1, 0.15) is 5.82 Å². The monoisotopic (exact) mass is 463 g/mol. The van der Waals surface area contributed by atoms with Gasteiger partial charge in [0.05, 0.1) is 24.7 Å². The molecule has 2 aromatic carbocycles. The minimum atomic E-state index is -3.46. The maximum absolute atomic E-state index is 13.2. The number of sulfonamides is 1. The second-order valence-electron chi connectivity index (χ2n) is 7.55. The van der Waals surface area contributed by atoms with Crippen molar-refractivity contribution in [3.8, 4) is 0 Å². The first-order valence-corrected chi connectivity index (χ1v) is 11.9. The molecule has 0 atom stereocenters. The summed E-state index contributed by atoms with van der Waals surface area (Å²) < 4.78 is 48.2. The molecule has 6 nitrogen and oxygen atoms in total. The molecule has 0 radical (unpaired) electrons. The molecule has 0 amide bonds. The Bertz CT molecular complexity index is 1180. The largest absolute Gasteiger partial charge is 0.370 e. The highest BCUT2D eigenvalue weighted by Gasteiger charge is 2.30. The second-order valence-corrected chi connectivity index (χ2v) is 9.93. The smallest absolute Gasteiger partial charge is 0.218 e. The Labute approximate surface area is 186 Å². The first kappa shape index (κ1) is 22.0. The van der Waals surface area contributed by atoms with Gasteiger partial charge in [0, 0.05) is 42.8 Å². The molecule has 2 heterocycles. The molecular weight excluding hydrogens is 441 g/mol. The number of aryl methyl sites for hydroxylation is 1. The molecule has 1 aliphatic rings. The van der Waals surface area contributed by atoms with Crippen molar-refractivity contribution < 1.29 is 17.5 Å². The maximum atomic E-state index is 13.2. The highest BCUT2D eigenvalue weighted by Crippen LogP contribution is 2.26. The van der Waals surface area contributed by atoms with Crippen LogP contribution >= 0.6 is 11.6 Å².